The zero-order chi connectivity index (χ0) is 17.0. The molecule has 124 valence electrons. The van der Waals surface area contributed by atoms with E-state index in [9.17, 15) is 8.42 Å². The summed E-state index contributed by atoms with van der Waals surface area (Å²) in [6, 6.07) is 12.0. The third-order valence-corrected chi connectivity index (χ3v) is 5.13. The number of methoxy groups -OCH3 is 2. The molecule has 6 heteroatoms. The maximum Gasteiger partial charge on any atom is 0.244 e. The van der Waals surface area contributed by atoms with Crippen LogP contribution < -0.4 is 14.2 Å². The van der Waals surface area contributed by atoms with E-state index in [1.807, 2.05) is 31.2 Å². The van der Waals surface area contributed by atoms with E-state index in [0.29, 0.717) is 5.75 Å². The van der Waals surface area contributed by atoms with Crippen LogP contribution in [-0.4, -0.2) is 22.6 Å². The number of hydrogen-bond donors (Lipinski definition) is 1. The van der Waals surface area contributed by atoms with Crippen LogP contribution in [0.4, 0.5) is 0 Å². The van der Waals surface area contributed by atoms with E-state index in [0.717, 1.165) is 11.1 Å². The minimum Gasteiger partial charge on any atom is -0.497 e. The Hall–Kier alpha value is -2.05. The zero-order valence-electron chi connectivity index (χ0n) is 13.7. The van der Waals surface area contributed by atoms with Crippen LogP contribution in [0.15, 0.2) is 47.4 Å². The lowest BCUT2D eigenvalue weighted by Crippen LogP contribution is -2.27. The van der Waals surface area contributed by atoms with E-state index < -0.39 is 10.0 Å². The highest BCUT2D eigenvalue weighted by Gasteiger charge is 2.23. The summed E-state index contributed by atoms with van der Waals surface area (Å²) in [5.41, 5.74) is 2.01. The Morgan fingerprint density at radius 2 is 1.65 bits per heavy atom. The summed E-state index contributed by atoms with van der Waals surface area (Å²) >= 11 is 0. The lowest BCUT2D eigenvalue weighted by Gasteiger charge is -2.17. The molecule has 0 heterocycles. The van der Waals surface area contributed by atoms with E-state index in [1.165, 1.54) is 20.3 Å². The number of rotatable bonds is 6. The van der Waals surface area contributed by atoms with Gasteiger partial charge in [-0.05, 0) is 31.5 Å². The molecule has 0 bridgehead atoms. The highest BCUT2D eigenvalue weighted by atomic mass is 32.2. The van der Waals surface area contributed by atoms with Gasteiger partial charge in [0.05, 0.1) is 14.2 Å². The van der Waals surface area contributed by atoms with Crippen molar-refractivity contribution in [2.24, 2.45) is 0 Å². The van der Waals surface area contributed by atoms with Crippen molar-refractivity contribution < 1.29 is 17.9 Å². The number of hydrogen-bond acceptors (Lipinski definition) is 4. The number of sulfonamides is 1. The first-order valence-electron chi connectivity index (χ1n) is 7.18. The summed E-state index contributed by atoms with van der Waals surface area (Å²) < 4.78 is 38.3. The second-order valence-corrected chi connectivity index (χ2v) is 6.95. The van der Waals surface area contributed by atoms with Crippen LogP contribution >= 0.6 is 0 Å². The van der Waals surface area contributed by atoms with Crippen molar-refractivity contribution in [1.82, 2.24) is 4.72 Å². The van der Waals surface area contributed by atoms with Crippen LogP contribution in [0.1, 0.15) is 24.1 Å². The molecule has 0 amide bonds. The van der Waals surface area contributed by atoms with E-state index in [1.54, 1.807) is 19.1 Å². The lowest BCUT2D eigenvalue weighted by atomic mass is 10.1. The topological polar surface area (TPSA) is 64.6 Å². The lowest BCUT2D eigenvalue weighted by molar-refractivity contribution is 0.391. The predicted molar refractivity (Wildman–Crippen MR) is 89.5 cm³/mol. The number of aryl methyl sites for hydroxylation is 1. The smallest absolute Gasteiger partial charge is 0.244 e. The van der Waals surface area contributed by atoms with Crippen molar-refractivity contribution >= 4 is 10.0 Å². The second-order valence-electron chi connectivity index (χ2n) is 5.27. The Bertz CT molecular complexity index is 770. The van der Waals surface area contributed by atoms with Gasteiger partial charge >= 0.3 is 0 Å². The van der Waals surface area contributed by atoms with Gasteiger partial charge in [-0.25, -0.2) is 13.1 Å². The molecular formula is C17H21NO4S. The average molecular weight is 335 g/mol. The average Bonchev–Trinajstić information content (AvgIpc) is 2.54. The molecule has 0 aliphatic heterocycles. The Morgan fingerprint density at radius 1 is 1.00 bits per heavy atom. The van der Waals surface area contributed by atoms with Gasteiger partial charge in [-0.1, -0.05) is 29.8 Å². The van der Waals surface area contributed by atoms with E-state index >= 15 is 0 Å². The van der Waals surface area contributed by atoms with E-state index in [4.69, 9.17) is 9.47 Å². The van der Waals surface area contributed by atoms with Crippen LogP contribution in [0.2, 0.25) is 0 Å². The van der Waals surface area contributed by atoms with Crippen molar-refractivity contribution in [3.63, 3.8) is 0 Å². The maximum absolute atomic E-state index is 12.7. The molecule has 0 radical (unpaired) electrons. The molecule has 0 saturated carbocycles. The first kappa shape index (κ1) is 17.3. The first-order chi connectivity index (χ1) is 10.9. The zero-order valence-corrected chi connectivity index (χ0v) is 14.5. The van der Waals surface area contributed by atoms with E-state index in [-0.39, 0.29) is 16.7 Å². The third-order valence-electron chi connectivity index (χ3n) is 3.57. The standard InChI is InChI=1S/C17H21NO4S/c1-12-5-7-14(8-6-12)13(2)18-23(19,20)17-11-15(21-3)9-10-16(17)22-4/h5-11,13,18H,1-4H3. The minimum atomic E-state index is -3.75. The molecule has 0 aliphatic rings. The van der Waals surface area contributed by atoms with Crippen LogP contribution in [0.3, 0.4) is 0 Å². The Morgan fingerprint density at radius 3 is 2.22 bits per heavy atom. The quantitative estimate of drug-likeness (QED) is 0.881. The summed E-state index contributed by atoms with van der Waals surface area (Å²) in [5.74, 6) is 0.726. The molecule has 5 nitrogen and oxygen atoms in total. The molecule has 1 N–H and O–H groups in total. The van der Waals surface area contributed by atoms with Gasteiger partial charge in [-0.3, -0.25) is 0 Å². The SMILES string of the molecule is COc1ccc(OC)c(S(=O)(=O)NC(C)c2ccc(C)cc2)c1. The largest absolute Gasteiger partial charge is 0.497 e. The van der Waals surface area contributed by atoms with Gasteiger partial charge in [0.1, 0.15) is 16.4 Å². The van der Waals surface area contributed by atoms with Crippen LogP contribution in [0.25, 0.3) is 0 Å². The molecule has 0 saturated heterocycles. The molecule has 0 aliphatic carbocycles. The predicted octanol–water partition coefficient (Wildman–Crippen LogP) is 3.05. The molecule has 23 heavy (non-hydrogen) atoms. The monoisotopic (exact) mass is 335 g/mol. The van der Waals surface area contributed by atoms with Gasteiger partial charge < -0.3 is 9.47 Å². The van der Waals surface area contributed by atoms with Crippen molar-refractivity contribution in [2.75, 3.05) is 14.2 Å². The van der Waals surface area contributed by atoms with Crippen molar-refractivity contribution in [1.29, 1.82) is 0 Å². The van der Waals surface area contributed by atoms with Crippen molar-refractivity contribution in [3.05, 3.63) is 53.6 Å². The summed E-state index contributed by atoms with van der Waals surface area (Å²) in [5, 5.41) is 0. The Balaban J connectivity index is 2.33. The fourth-order valence-corrected chi connectivity index (χ4v) is 3.63. The molecule has 2 aromatic rings. The second kappa shape index (κ2) is 7.02. The summed E-state index contributed by atoms with van der Waals surface area (Å²) in [6.07, 6.45) is 0. The number of nitrogens with one attached hydrogen (secondary N) is 1. The van der Waals surface area contributed by atoms with Gasteiger partial charge in [-0.15, -0.1) is 0 Å². The van der Waals surface area contributed by atoms with Crippen molar-refractivity contribution in [2.45, 2.75) is 24.8 Å². The normalized spacial score (nSPS) is 12.7. The van der Waals surface area contributed by atoms with Gasteiger partial charge in [0.2, 0.25) is 10.0 Å². The highest BCUT2D eigenvalue weighted by Crippen LogP contribution is 2.29. The molecule has 0 fully saturated rings. The van der Waals surface area contributed by atoms with Crippen molar-refractivity contribution in [3.8, 4) is 11.5 Å². The molecule has 1 atom stereocenters. The molecule has 0 aromatic heterocycles. The van der Waals surface area contributed by atoms with Gasteiger partial charge in [0.15, 0.2) is 0 Å². The molecular weight excluding hydrogens is 314 g/mol. The van der Waals surface area contributed by atoms with Crippen LogP contribution in [0, 0.1) is 6.92 Å². The summed E-state index contributed by atoms with van der Waals surface area (Å²) in [7, 11) is -0.827. The van der Waals surface area contributed by atoms with Gasteiger partial charge in [0, 0.05) is 12.1 Å². The molecule has 2 rings (SSSR count). The molecule has 1 unspecified atom stereocenters. The maximum atomic E-state index is 12.7. The Labute approximate surface area is 137 Å². The first-order valence-corrected chi connectivity index (χ1v) is 8.66. The summed E-state index contributed by atoms with van der Waals surface area (Å²) in [6.45, 7) is 3.79. The third kappa shape index (κ3) is 4.03. The Kier molecular flexibility index (Phi) is 5.28. The fraction of sp³-hybridized carbons (Fsp3) is 0.294. The number of ether oxygens (including phenoxy) is 2. The highest BCUT2D eigenvalue weighted by molar-refractivity contribution is 7.89. The summed E-state index contributed by atoms with van der Waals surface area (Å²) in [4.78, 5) is 0.0540. The van der Waals surface area contributed by atoms with E-state index in [2.05, 4.69) is 4.72 Å². The van der Waals surface area contributed by atoms with Crippen LogP contribution in [0.5, 0.6) is 11.5 Å². The van der Waals surface area contributed by atoms with Gasteiger partial charge in [-0.2, -0.15) is 0 Å². The van der Waals surface area contributed by atoms with Crippen LogP contribution in [-0.2, 0) is 10.0 Å². The molecule has 0 spiro atoms. The molecule has 2 aromatic carbocycles. The minimum absolute atomic E-state index is 0.0540. The fourth-order valence-electron chi connectivity index (χ4n) is 2.21. The van der Waals surface area contributed by atoms with Gasteiger partial charge in [0.25, 0.3) is 0 Å². The number of benzene rings is 2.